The fourth-order valence-corrected chi connectivity index (χ4v) is 3.19. The van der Waals surface area contributed by atoms with Crippen molar-refractivity contribution in [2.45, 2.75) is 13.1 Å². The Balaban J connectivity index is 2.13. The lowest BCUT2D eigenvalue weighted by atomic mass is 10.1. The number of hydrogen-bond acceptors (Lipinski definition) is 5. The molecule has 2 aromatic heterocycles. The molecular formula is C19H15F3N4O2. The van der Waals surface area contributed by atoms with Crippen LogP contribution in [0.25, 0.3) is 28.1 Å². The van der Waals surface area contributed by atoms with E-state index in [1.807, 2.05) is 0 Å². The van der Waals surface area contributed by atoms with Gasteiger partial charge in [0.05, 0.1) is 31.0 Å². The number of alkyl halides is 3. The number of aromatic nitrogens is 4. The van der Waals surface area contributed by atoms with Gasteiger partial charge in [-0.2, -0.15) is 13.2 Å². The van der Waals surface area contributed by atoms with Crippen LogP contribution in [0.2, 0.25) is 0 Å². The number of hydrogen-bond donors (Lipinski definition) is 0. The van der Waals surface area contributed by atoms with E-state index in [-0.39, 0.29) is 11.4 Å². The first-order valence-electron chi connectivity index (χ1n) is 8.29. The maximum atomic E-state index is 13.6. The SMILES string of the molecule is COc1cc2nnc3c(C)nc(-c4ccccc4C(F)(F)F)n3c2cc1OC. The minimum absolute atomic E-state index is 0.0396. The van der Waals surface area contributed by atoms with Crippen LogP contribution in [-0.4, -0.2) is 33.8 Å². The fraction of sp³-hybridized carbons (Fsp3) is 0.211. The molecule has 0 atom stereocenters. The fourth-order valence-electron chi connectivity index (χ4n) is 3.19. The molecule has 0 aliphatic carbocycles. The lowest BCUT2D eigenvalue weighted by Gasteiger charge is -2.13. The first kappa shape index (κ1) is 18.0. The zero-order valence-electron chi connectivity index (χ0n) is 15.2. The number of benzene rings is 2. The monoisotopic (exact) mass is 388 g/mol. The second kappa shape index (κ2) is 6.36. The van der Waals surface area contributed by atoms with E-state index in [1.54, 1.807) is 29.5 Å². The van der Waals surface area contributed by atoms with Crippen LogP contribution >= 0.6 is 0 Å². The molecular weight excluding hydrogens is 373 g/mol. The number of nitrogens with zero attached hydrogens (tertiary/aromatic N) is 4. The molecule has 2 heterocycles. The molecule has 0 saturated carbocycles. The summed E-state index contributed by atoms with van der Waals surface area (Å²) in [7, 11) is 2.97. The topological polar surface area (TPSA) is 61.5 Å². The minimum atomic E-state index is -4.52. The molecule has 0 spiro atoms. The Morgan fingerprint density at radius 1 is 0.964 bits per heavy atom. The Morgan fingerprint density at radius 2 is 1.64 bits per heavy atom. The highest BCUT2D eigenvalue weighted by molar-refractivity contribution is 5.84. The van der Waals surface area contributed by atoms with Gasteiger partial charge in [-0.25, -0.2) is 4.98 Å². The van der Waals surface area contributed by atoms with Gasteiger partial charge in [-0.15, -0.1) is 10.2 Å². The molecule has 28 heavy (non-hydrogen) atoms. The predicted molar refractivity (Wildman–Crippen MR) is 96.6 cm³/mol. The Labute approximate surface area is 157 Å². The highest BCUT2D eigenvalue weighted by Crippen LogP contribution is 2.38. The first-order valence-corrected chi connectivity index (χ1v) is 8.29. The summed E-state index contributed by atoms with van der Waals surface area (Å²) >= 11 is 0. The summed E-state index contributed by atoms with van der Waals surface area (Å²) in [6.45, 7) is 1.68. The number of imidazole rings is 1. The van der Waals surface area contributed by atoms with Crippen molar-refractivity contribution in [2.24, 2.45) is 0 Å². The Kier molecular flexibility index (Phi) is 4.10. The van der Waals surface area contributed by atoms with Crippen molar-refractivity contribution in [3.8, 4) is 22.9 Å². The summed E-state index contributed by atoms with van der Waals surface area (Å²) in [5, 5.41) is 8.31. The highest BCUT2D eigenvalue weighted by atomic mass is 19.4. The van der Waals surface area contributed by atoms with E-state index < -0.39 is 11.7 Å². The molecule has 4 aromatic rings. The van der Waals surface area contributed by atoms with Gasteiger partial charge in [-0.05, 0) is 13.0 Å². The summed E-state index contributed by atoms with van der Waals surface area (Å²) in [6.07, 6.45) is -4.52. The van der Waals surface area contributed by atoms with Crippen molar-refractivity contribution in [3.05, 3.63) is 47.7 Å². The van der Waals surface area contributed by atoms with Crippen molar-refractivity contribution in [1.82, 2.24) is 19.6 Å². The van der Waals surface area contributed by atoms with Crippen molar-refractivity contribution < 1.29 is 22.6 Å². The lowest BCUT2D eigenvalue weighted by molar-refractivity contribution is -0.137. The molecule has 0 amide bonds. The van der Waals surface area contributed by atoms with E-state index in [0.717, 1.165) is 6.07 Å². The average molecular weight is 388 g/mol. The smallest absolute Gasteiger partial charge is 0.417 e. The number of halogens is 3. The van der Waals surface area contributed by atoms with Gasteiger partial charge in [0, 0.05) is 17.7 Å². The maximum Gasteiger partial charge on any atom is 0.417 e. The summed E-state index contributed by atoms with van der Waals surface area (Å²) in [5.74, 6) is 0.996. The summed E-state index contributed by atoms with van der Waals surface area (Å²) in [4.78, 5) is 4.37. The zero-order chi connectivity index (χ0) is 20.1. The molecule has 4 rings (SSSR count). The van der Waals surface area contributed by atoms with Gasteiger partial charge in [0.1, 0.15) is 11.3 Å². The number of fused-ring (bicyclic) bond motifs is 3. The van der Waals surface area contributed by atoms with E-state index in [2.05, 4.69) is 15.2 Å². The molecule has 0 aliphatic rings. The molecule has 2 aromatic carbocycles. The van der Waals surface area contributed by atoms with Gasteiger partial charge >= 0.3 is 6.18 Å². The molecule has 0 N–H and O–H groups in total. The molecule has 6 nitrogen and oxygen atoms in total. The van der Waals surface area contributed by atoms with E-state index in [4.69, 9.17) is 9.47 Å². The van der Waals surface area contributed by atoms with Crippen LogP contribution in [0.1, 0.15) is 11.3 Å². The second-order valence-corrected chi connectivity index (χ2v) is 6.12. The quantitative estimate of drug-likeness (QED) is 0.524. The van der Waals surface area contributed by atoms with Crippen molar-refractivity contribution in [2.75, 3.05) is 14.2 Å². The number of rotatable bonds is 3. The van der Waals surface area contributed by atoms with E-state index in [9.17, 15) is 13.2 Å². The van der Waals surface area contributed by atoms with Crippen LogP contribution in [0.5, 0.6) is 11.5 Å². The molecule has 9 heteroatoms. The van der Waals surface area contributed by atoms with Crippen LogP contribution < -0.4 is 9.47 Å². The van der Waals surface area contributed by atoms with E-state index in [0.29, 0.717) is 33.9 Å². The standard InChI is InChI=1S/C19H15F3N4O2/c1-10-17-25-24-13-8-15(27-2)16(28-3)9-14(13)26(17)18(23-10)11-6-4-5-7-12(11)19(20,21)22/h4-9H,1-3H3. The third-order valence-electron chi connectivity index (χ3n) is 4.47. The lowest BCUT2D eigenvalue weighted by Crippen LogP contribution is -2.08. The minimum Gasteiger partial charge on any atom is -0.493 e. The Bertz CT molecular complexity index is 1200. The maximum absolute atomic E-state index is 13.6. The van der Waals surface area contributed by atoms with Gasteiger partial charge in [0.25, 0.3) is 0 Å². The molecule has 0 fully saturated rings. The number of methoxy groups -OCH3 is 2. The second-order valence-electron chi connectivity index (χ2n) is 6.12. The Morgan fingerprint density at radius 3 is 2.32 bits per heavy atom. The number of ether oxygens (including phenoxy) is 2. The third kappa shape index (κ3) is 2.70. The molecule has 0 saturated heterocycles. The van der Waals surface area contributed by atoms with Gasteiger partial charge in [0.15, 0.2) is 17.1 Å². The van der Waals surface area contributed by atoms with Crippen LogP contribution in [0.4, 0.5) is 13.2 Å². The normalized spacial score (nSPS) is 11.9. The Hall–Kier alpha value is -3.36. The summed E-state index contributed by atoms with van der Waals surface area (Å²) in [5.41, 5.74) is 0.973. The summed E-state index contributed by atoms with van der Waals surface area (Å²) < 4.78 is 52.9. The van der Waals surface area contributed by atoms with Gasteiger partial charge in [-0.3, -0.25) is 4.40 Å². The van der Waals surface area contributed by atoms with Crippen molar-refractivity contribution >= 4 is 16.7 Å². The van der Waals surface area contributed by atoms with Gasteiger partial charge in [-0.1, -0.05) is 18.2 Å². The first-order chi connectivity index (χ1) is 13.3. The van der Waals surface area contributed by atoms with E-state index >= 15 is 0 Å². The average Bonchev–Trinajstić information content (AvgIpc) is 3.03. The van der Waals surface area contributed by atoms with Crippen LogP contribution in [0.15, 0.2) is 36.4 Å². The largest absolute Gasteiger partial charge is 0.493 e. The molecule has 0 bridgehead atoms. The van der Waals surface area contributed by atoms with Gasteiger partial charge in [0.2, 0.25) is 0 Å². The number of aryl methyl sites for hydroxylation is 1. The van der Waals surface area contributed by atoms with Crippen LogP contribution in [0.3, 0.4) is 0 Å². The predicted octanol–water partition coefficient (Wildman–Crippen LogP) is 4.29. The molecule has 0 aliphatic heterocycles. The van der Waals surface area contributed by atoms with Crippen molar-refractivity contribution in [1.29, 1.82) is 0 Å². The zero-order valence-corrected chi connectivity index (χ0v) is 15.2. The highest BCUT2D eigenvalue weighted by Gasteiger charge is 2.34. The van der Waals surface area contributed by atoms with Crippen LogP contribution in [0, 0.1) is 6.92 Å². The van der Waals surface area contributed by atoms with Gasteiger partial charge < -0.3 is 9.47 Å². The molecule has 0 unspecified atom stereocenters. The third-order valence-corrected chi connectivity index (χ3v) is 4.47. The molecule has 144 valence electrons. The summed E-state index contributed by atoms with van der Waals surface area (Å²) in [6, 6.07) is 8.59. The van der Waals surface area contributed by atoms with Crippen molar-refractivity contribution in [3.63, 3.8) is 0 Å². The van der Waals surface area contributed by atoms with E-state index in [1.165, 1.54) is 26.4 Å². The van der Waals surface area contributed by atoms with Crippen LogP contribution in [-0.2, 0) is 6.18 Å². The molecule has 0 radical (unpaired) electrons.